The molecule has 0 fully saturated rings. The summed E-state index contributed by atoms with van der Waals surface area (Å²) in [7, 11) is 0. The van der Waals surface area contributed by atoms with Crippen molar-refractivity contribution in [3.05, 3.63) is 53.3 Å². The Bertz CT molecular complexity index is 982. The van der Waals surface area contributed by atoms with Crippen molar-refractivity contribution >= 4 is 23.2 Å². The molecule has 0 aliphatic rings. The van der Waals surface area contributed by atoms with E-state index >= 15 is 0 Å². The average molecular weight is 431 g/mol. The zero-order valence-electron chi connectivity index (χ0n) is 17.4. The Morgan fingerprint density at radius 1 is 1.13 bits per heavy atom. The Balaban J connectivity index is 1.99. The summed E-state index contributed by atoms with van der Waals surface area (Å²) < 4.78 is 19.5. The number of carbonyl (C=O) groups excluding carboxylic acids is 1. The highest BCUT2D eigenvalue weighted by atomic mass is 35.5. The highest BCUT2D eigenvalue weighted by Crippen LogP contribution is 2.28. The van der Waals surface area contributed by atoms with Crippen LogP contribution < -0.4 is 4.74 Å². The van der Waals surface area contributed by atoms with Crippen LogP contribution in [0.15, 0.2) is 42.6 Å². The Kier molecular flexibility index (Phi) is 7.69. The number of fused-ring (bicyclic) bond motifs is 1. The Morgan fingerprint density at radius 2 is 1.83 bits per heavy atom. The van der Waals surface area contributed by atoms with Gasteiger partial charge in [0.25, 0.3) is 0 Å². The first kappa shape index (κ1) is 22.1. The lowest BCUT2D eigenvalue weighted by Crippen LogP contribution is -2.34. The molecule has 0 saturated heterocycles. The summed E-state index contributed by atoms with van der Waals surface area (Å²) in [5.41, 5.74) is 3.12. The second kappa shape index (κ2) is 10.4. The quantitative estimate of drug-likeness (QED) is 0.444. The van der Waals surface area contributed by atoms with Gasteiger partial charge in [-0.15, -0.1) is 0 Å². The maximum atomic E-state index is 13.1. The smallest absolute Gasteiger partial charge is 0.228 e. The van der Waals surface area contributed by atoms with Crippen molar-refractivity contribution < 1.29 is 13.9 Å². The van der Waals surface area contributed by atoms with Crippen LogP contribution in [0.1, 0.15) is 32.4 Å². The molecule has 3 aromatic rings. The first-order valence-corrected chi connectivity index (χ1v) is 10.7. The standard InChI is InChI=1S/C23H27ClFN3O2/c1-3-12-27(13-4-2)22(29)15-20-23(26-21-10-7-18(24)16-28(20)21)17-5-8-19(9-6-17)30-14-11-25/h5-10,16H,3-4,11-15H2,1-2H3/i25-1. The number of benzene rings is 1. The number of rotatable bonds is 10. The number of hydrogen-bond acceptors (Lipinski definition) is 3. The molecular formula is C23H27ClFN3O2. The number of ether oxygens (including phenoxy) is 1. The molecule has 1 aromatic carbocycles. The second-order valence-corrected chi connectivity index (χ2v) is 7.54. The number of hydrogen-bond donors (Lipinski definition) is 0. The van der Waals surface area contributed by atoms with Gasteiger partial charge in [-0.3, -0.25) is 4.79 Å². The molecule has 0 aliphatic carbocycles. The van der Waals surface area contributed by atoms with E-state index in [-0.39, 0.29) is 18.9 Å². The topological polar surface area (TPSA) is 46.8 Å². The van der Waals surface area contributed by atoms with Gasteiger partial charge in [0.2, 0.25) is 5.91 Å². The van der Waals surface area contributed by atoms with Crippen molar-refractivity contribution in [3.8, 4) is 17.0 Å². The molecule has 160 valence electrons. The minimum Gasteiger partial charge on any atom is -0.491 e. The predicted octanol–water partition coefficient (Wildman–Crippen LogP) is 5.19. The van der Waals surface area contributed by atoms with Gasteiger partial charge in [0.15, 0.2) is 0 Å². The van der Waals surface area contributed by atoms with E-state index in [1.165, 1.54) is 0 Å². The van der Waals surface area contributed by atoms with Crippen molar-refractivity contribution in [2.24, 2.45) is 0 Å². The lowest BCUT2D eigenvalue weighted by atomic mass is 10.1. The van der Waals surface area contributed by atoms with Crippen molar-refractivity contribution in [1.29, 1.82) is 0 Å². The second-order valence-electron chi connectivity index (χ2n) is 7.10. The molecule has 0 saturated carbocycles. The van der Waals surface area contributed by atoms with Gasteiger partial charge in [-0.1, -0.05) is 25.4 Å². The molecule has 0 radical (unpaired) electrons. The lowest BCUT2D eigenvalue weighted by molar-refractivity contribution is -0.130. The molecule has 3 rings (SSSR count). The normalized spacial score (nSPS) is 11.1. The van der Waals surface area contributed by atoms with E-state index in [2.05, 4.69) is 13.8 Å². The molecular weight excluding hydrogens is 404 g/mol. The SMILES string of the molecule is CCCN(CCC)C(=O)Cc1c(-c2ccc(OCC[18F])cc2)nc2ccc(Cl)cn12. The Labute approximate surface area is 181 Å². The van der Waals surface area contributed by atoms with Gasteiger partial charge in [-0.05, 0) is 49.2 Å². The fourth-order valence-corrected chi connectivity index (χ4v) is 3.65. The van der Waals surface area contributed by atoms with Crippen LogP contribution in [0.25, 0.3) is 16.9 Å². The maximum Gasteiger partial charge on any atom is 0.228 e. The summed E-state index contributed by atoms with van der Waals surface area (Å²) in [6.45, 7) is 5.11. The highest BCUT2D eigenvalue weighted by molar-refractivity contribution is 6.30. The number of carbonyl (C=O) groups is 1. The molecule has 0 spiro atoms. The van der Waals surface area contributed by atoms with Crippen LogP contribution in [0.4, 0.5) is 4.39 Å². The fourth-order valence-electron chi connectivity index (χ4n) is 3.49. The number of amides is 1. The number of imidazole rings is 1. The zero-order valence-corrected chi connectivity index (χ0v) is 18.2. The monoisotopic (exact) mass is 430 g/mol. The molecule has 0 atom stereocenters. The van der Waals surface area contributed by atoms with Gasteiger partial charge in [0.1, 0.15) is 24.7 Å². The first-order chi connectivity index (χ1) is 14.6. The third kappa shape index (κ3) is 5.11. The average Bonchev–Trinajstić information content (AvgIpc) is 3.10. The molecule has 0 bridgehead atoms. The zero-order chi connectivity index (χ0) is 21.5. The molecule has 5 nitrogen and oxygen atoms in total. The van der Waals surface area contributed by atoms with E-state index in [4.69, 9.17) is 21.3 Å². The molecule has 30 heavy (non-hydrogen) atoms. The number of pyridine rings is 1. The van der Waals surface area contributed by atoms with Crippen molar-refractivity contribution in [3.63, 3.8) is 0 Å². The molecule has 2 aromatic heterocycles. The van der Waals surface area contributed by atoms with Crippen molar-refractivity contribution in [1.82, 2.24) is 14.3 Å². The first-order valence-electron chi connectivity index (χ1n) is 10.3. The van der Waals surface area contributed by atoms with E-state index in [1.807, 2.05) is 27.5 Å². The molecule has 7 heteroatoms. The van der Waals surface area contributed by atoms with Crippen LogP contribution >= 0.6 is 11.6 Å². The van der Waals surface area contributed by atoms with E-state index in [0.29, 0.717) is 10.8 Å². The van der Waals surface area contributed by atoms with Gasteiger partial charge in [0.05, 0.1) is 22.8 Å². The molecule has 0 N–H and O–H groups in total. The molecule has 2 heterocycles. The van der Waals surface area contributed by atoms with E-state index in [0.717, 1.165) is 48.5 Å². The Hall–Kier alpha value is -2.60. The van der Waals surface area contributed by atoms with Gasteiger partial charge in [-0.25, -0.2) is 9.37 Å². The number of halogens is 2. The van der Waals surface area contributed by atoms with Crippen molar-refractivity contribution in [2.45, 2.75) is 33.1 Å². The summed E-state index contributed by atoms with van der Waals surface area (Å²) in [6, 6.07) is 11.0. The van der Waals surface area contributed by atoms with Gasteiger partial charge in [-0.2, -0.15) is 0 Å². The fraction of sp³-hybridized carbons (Fsp3) is 0.391. The van der Waals surface area contributed by atoms with Crippen LogP contribution in [0, 0.1) is 0 Å². The Morgan fingerprint density at radius 3 is 2.47 bits per heavy atom. The summed E-state index contributed by atoms with van der Waals surface area (Å²) in [6.07, 6.45) is 3.85. The van der Waals surface area contributed by atoms with Gasteiger partial charge < -0.3 is 14.0 Å². The van der Waals surface area contributed by atoms with Gasteiger partial charge >= 0.3 is 0 Å². The third-order valence-electron chi connectivity index (χ3n) is 4.81. The summed E-state index contributed by atoms with van der Waals surface area (Å²) in [5, 5.41) is 0.578. The van der Waals surface area contributed by atoms with E-state index in [1.54, 1.807) is 24.4 Å². The van der Waals surface area contributed by atoms with Crippen LogP contribution in [0.3, 0.4) is 0 Å². The number of alkyl halides is 1. The molecule has 0 unspecified atom stereocenters. The molecule has 1 amide bonds. The highest BCUT2D eigenvalue weighted by Gasteiger charge is 2.20. The predicted molar refractivity (Wildman–Crippen MR) is 118 cm³/mol. The summed E-state index contributed by atoms with van der Waals surface area (Å²) in [5.74, 6) is 0.669. The van der Waals surface area contributed by atoms with Crippen LogP contribution in [0.5, 0.6) is 5.75 Å². The summed E-state index contributed by atoms with van der Waals surface area (Å²) >= 11 is 6.22. The van der Waals surface area contributed by atoms with Crippen LogP contribution in [0.2, 0.25) is 5.02 Å². The minimum atomic E-state index is -0.534. The largest absolute Gasteiger partial charge is 0.491 e. The lowest BCUT2D eigenvalue weighted by Gasteiger charge is -2.21. The van der Waals surface area contributed by atoms with E-state index < -0.39 is 6.67 Å². The third-order valence-corrected chi connectivity index (χ3v) is 5.04. The number of nitrogens with zero attached hydrogens (tertiary/aromatic N) is 3. The van der Waals surface area contributed by atoms with E-state index in [9.17, 15) is 9.18 Å². The number of aromatic nitrogens is 2. The van der Waals surface area contributed by atoms with Crippen molar-refractivity contribution in [2.75, 3.05) is 26.4 Å². The van der Waals surface area contributed by atoms with Crippen LogP contribution in [-0.2, 0) is 11.2 Å². The maximum absolute atomic E-state index is 13.1. The van der Waals surface area contributed by atoms with Crippen LogP contribution in [-0.4, -0.2) is 46.6 Å². The van der Waals surface area contributed by atoms with Gasteiger partial charge in [0, 0.05) is 24.8 Å². The summed E-state index contributed by atoms with van der Waals surface area (Å²) in [4.78, 5) is 19.7. The minimum absolute atomic E-state index is 0.0245. The molecule has 0 aliphatic heterocycles.